The van der Waals surface area contributed by atoms with Crippen LogP contribution >= 0.6 is 0 Å². The lowest BCUT2D eigenvalue weighted by molar-refractivity contribution is 0.298. The summed E-state index contributed by atoms with van der Waals surface area (Å²) in [6, 6.07) is 9.87. The molecule has 0 fully saturated rings. The van der Waals surface area contributed by atoms with Gasteiger partial charge in [0.15, 0.2) is 11.6 Å². The Balaban J connectivity index is 2.17. The molecule has 0 saturated heterocycles. The summed E-state index contributed by atoms with van der Waals surface area (Å²) in [5.74, 6) is -2.36. The molecular formula is C15H11F2N2O2. The van der Waals surface area contributed by atoms with Crippen molar-refractivity contribution in [1.29, 1.82) is 0 Å². The van der Waals surface area contributed by atoms with E-state index in [0.717, 1.165) is 12.1 Å². The van der Waals surface area contributed by atoms with E-state index < -0.39 is 22.9 Å². The van der Waals surface area contributed by atoms with Crippen molar-refractivity contribution in [3.05, 3.63) is 59.5 Å². The van der Waals surface area contributed by atoms with E-state index >= 15 is 0 Å². The van der Waals surface area contributed by atoms with E-state index in [1.165, 1.54) is 7.11 Å². The lowest BCUT2D eigenvalue weighted by Crippen LogP contribution is -2.18. The molecule has 1 radical (unpaired) electrons. The van der Waals surface area contributed by atoms with Crippen LogP contribution in [0.2, 0.25) is 0 Å². The van der Waals surface area contributed by atoms with Crippen LogP contribution in [0.4, 0.5) is 20.2 Å². The molecule has 0 spiro atoms. The molecule has 2 aromatic carbocycles. The van der Waals surface area contributed by atoms with Crippen molar-refractivity contribution < 1.29 is 18.6 Å². The molecular weight excluding hydrogens is 278 g/mol. The van der Waals surface area contributed by atoms with Crippen molar-refractivity contribution in [3.63, 3.8) is 0 Å². The summed E-state index contributed by atoms with van der Waals surface area (Å²) < 4.78 is 33.2. The first-order chi connectivity index (χ1) is 10.1. The quantitative estimate of drug-likeness (QED) is 0.794. The molecule has 0 bridgehead atoms. The van der Waals surface area contributed by atoms with Crippen molar-refractivity contribution in [3.8, 4) is 5.75 Å². The van der Waals surface area contributed by atoms with Gasteiger partial charge in [-0.15, -0.1) is 0 Å². The maximum Gasteiger partial charge on any atom is 0.216 e. The highest BCUT2D eigenvalue weighted by Crippen LogP contribution is 2.36. The zero-order valence-corrected chi connectivity index (χ0v) is 11.0. The summed E-state index contributed by atoms with van der Waals surface area (Å²) in [5, 5.41) is 15.3. The van der Waals surface area contributed by atoms with Gasteiger partial charge in [0.2, 0.25) is 5.88 Å². The molecule has 2 aromatic rings. The summed E-state index contributed by atoms with van der Waals surface area (Å²) in [7, 11) is 1.38. The molecule has 3 N–H and O–H groups in total. The number of hydrogen-bond donors (Lipinski definition) is 3. The van der Waals surface area contributed by atoms with Gasteiger partial charge >= 0.3 is 0 Å². The Kier molecular flexibility index (Phi) is 3.13. The van der Waals surface area contributed by atoms with Gasteiger partial charge in [-0.3, -0.25) is 0 Å². The summed E-state index contributed by atoms with van der Waals surface area (Å²) in [4.78, 5) is 0. The third kappa shape index (κ3) is 2.14. The summed E-state index contributed by atoms with van der Waals surface area (Å²) in [5.41, 5.74) is 0.964. The Morgan fingerprint density at radius 2 is 1.95 bits per heavy atom. The van der Waals surface area contributed by atoms with Crippen LogP contribution in [0.15, 0.2) is 36.2 Å². The Bertz CT molecular complexity index is 744. The van der Waals surface area contributed by atoms with Crippen LogP contribution in [0.25, 0.3) is 5.70 Å². The van der Waals surface area contributed by atoms with E-state index in [1.807, 2.05) is 0 Å². The first kappa shape index (κ1) is 13.2. The number of halogens is 2. The van der Waals surface area contributed by atoms with Crippen LogP contribution in [0.1, 0.15) is 5.56 Å². The molecule has 0 saturated carbocycles. The lowest BCUT2D eigenvalue weighted by Gasteiger charge is -2.25. The topological polar surface area (TPSA) is 53.5 Å². The Morgan fingerprint density at radius 3 is 2.71 bits per heavy atom. The molecule has 1 aliphatic heterocycles. The summed E-state index contributed by atoms with van der Waals surface area (Å²) in [6.07, 6.45) is 0. The second kappa shape index (κ2) is 4.97. The average Bonchev–Trinajstić information content (AvgIpc) is 2.50. The van der Waals surface area contributed by atoms with Crippen LogP contribution in [0.5, 0.6) is 5.75 Å². The fourth-order valence-electron chi connectivity index (χ4n) is 2.12. The van der Waals surface area contributed by atoms with Gasteiger partial charge in [-0.1, -0.05) is 6.07 Å². The van der Waals surface area contributed by atoms with Gasteiger partial charge in [-0.25, -0.2) is 8.78 Å². The highest BCUT2D eigenvalue weighted by Gasteiger charge is 2.25. The van der Waals surface area contributed by atoms with E-state index in [2.05, 4.69) is 16.7 Å². The van der Waals surface area contributed by atoms with E-state index in [9.17, 15) is 13.9 Å². The number of anilines is 2. The van der Waals surface area contributed by atoms with Crippen molar-refractivity contribution in [2.45, 2.75) is 0 Å². The van der Waals surface area contributed by atoms with Crippen molar-refractivity contribution in [1.82, 2.24) is 0 Å². The SMILES string of the molecule is COC1=C(c2c(F)ccc(O)c2F)Nc2cc[c]cc2N1. The Labute approximate surface area is 119 Å². The third-order valence-electron chi connectivity index (χ3n) is 3.12. The van der Waals surface area contributed by atoms with Gasteiger partial charge in [-0.2, -0.15) is 0 Å². The number of fused-ring (bicyclic) bond motifs is 1. The fraction of sp³-hybridized carbons (Fsp3) is 0.0667. The maximum atomic E-state index is 14.1. The number of phenols is 1. The predicted octanol–water partition coefficient (Wildman–Crippen LogP) is 3.28. The summed E-state index contributed by atoms with van der Waals surface area (Å²) in [6.45, 7) is 0. The average molecular weight is 289 g/mol. The molecule has 0 aliphatic carbocycles. The van der Waals surface area contributed by atoms with Gasteiger partial charge in [0, 0.05) is 0 Å². The third-order valence-corrected chi connectivity index (χ3v) is 3.12. The number of rotatable bonds is 2. The van der Waals surface area contributed by atoms with Gasteiger partial charge in [0.1, 0.15) is 11.5 Å². The first-order valence-electron chi connectivity index (χ1n) is 6.11. The molecule has 0 atom stereocenters. The number of benzene rings is 2. The summed E-state index contributed by atoms with van der Waals surface area (Å²) >= 11 is 0. The molecule has 1 aliphatic rings. The molecule has 6 heteroatoms. The Morgan fingerprint density at radius 1 is 1.14 bits per heavy atom. The van der Waals surface area contributed by atoms with Gasteiger partial charge < -0.3 is 20.5 Å². The van der Waals surface area contributed by atoms with Crippen LogP contribution in [0.3, 0.4) is 0 Å². The molecule has 107 valence electrons. The van der Waals surface area contributed by atoms with Crippen molar-refractivity contribution >= 4 is 17.1 Å². The number of nitrogens with one attached hydrogen (secondary N) is 2. The number of hydrogen-bond acceptors (Lipinski definition) is 4. The zero-order valence-electron chi connectivity index (χ0n) is 11.0. The van der Waals surface area contributed by atoms with E-state index in [0.29, 0.717) is 11.4 Å². The zero-order chi connectivity index (χ0) is 15.0. The molecule has 0 amide bonds. The van der Waals surface area contributed by atoms with Crippen LogP contribution in [-0.4, -0.2) is 12.2 Å². The number of phenolic OH excluding ortho intramolecular Hbond substituents is 1. The van der Waals surface area contributed by atoms with E-state index in [4.69, 9.17) is 4.74 Å². The largest absolute Gasteiger partial charge is 0.505 e. The highest BCUT2D eigenvalue weighted by atomic mass is 19.1. The monoisotopic (exact) mass is 289 g/mol. The predicted molar refractivity (Wildman–Crippen MR) is 74.5 cm³/mol. The minimum absolute atomic E-state index is 0.0714. The van der Waals surface area contributed by atoms with E-state index in [-0.39, 0.29) is 11.6 Å². The second-order valence-corrected chi connectivity index (χ2v) is 4.39. The number of ether oxygens (including phenoxy) is 1. The highest BCUT2D eigenvalue weighted by molar-refractivity contribution is 5.90. The first-order valence-corrected chi connectivity index (χ1v) is 6.11. The molecule has 4 nitrogen and oxygen atoms in total. The number of aromatic hydroxyl groups is 1. The minimum atomic E-state index is -1.06. The lowest BCUT2D eigenvalue weighted by atomic mass is 10.1. The molecule has 1 heterocycles. The second-order valence-electron chi connectivity index (χ2n) is 4.39. The van der Waals surface area contributed by atoms with Gasteiger partial charge in [0.05, 0.1) is 24.0 Å². The standard InChI is InChI=1S/C15H11F2N2O2/c1-21-15-14(12-8(16)6-7-11(20)13(12)17)18-9-4-2-3-5-10(9)19-15/h2,4-7,18-20H,1H3. The fourth-order valence-corrected chi connectivity index (χ4v) is 2.12. The van der Waals surface area contributed by atoms with Crippen LogP contribution in [-0.2, 0) is 4.74 Å². The molecule has 0 aromatic heterocycles. The van der Waals surface area contributed by atoms with Gasteiger partial charge in [0.25, 0.3) is 0 Å². The van der Waals surface area contributed by atoms with Gasteiger partial charge in [-0.05, 0) is 30.3 Å². The van der Waals surface area contributed by atoms with Crippen LogP contribution in [0, 0.1) is 17.7 Å². The smallest absolute Gasteiger partial charge is 0.216 e. The molecule has 3 rings (SSSR count). The van der Waals surface area contributed by atoms with Crippen LogP contribution < -0.4 is 10.6 Å². The maximum absolute atomic E-state index is 14.1. The van der Waals surface area contributed by atoms with E-state index in [1.54, 1.807) is 18.2 Å². The molecule has 0 unspecified atom stereocenters. The molecule has 21 heavy (non-hydrogen) atoms. The number of methoxy groups -OCH3 is 1. The minimum Gasteiger partial charge on any atom is -0.505 e. The van der Waals surface area contributed by atoms with Crippen molar-refractivity contribution in [2.24, 2.45) is 0 Å². The normalized spacial score (nSPS) is 13.3. The van der Waals surface area contributed by atoms with Crippen molar-refractivity contribution in [2.75, 3.05) is 17.7 Å². The Hall–Kier alpha value is -2.76.